The summed E-state index contributed by atoms with van der Waals surface area (Å²) >= 11 is 0. The van der Waals surface area contributed by atoms with Crippen molar-refractivity contribution < 1.29 is 23.8 Å². The Morgan fingerprint density at radius 2 is 1.35 bits per heavy atom. The normalized spacial score (nSPS) is 15.8. The fourth-order valence-corrected chi connectivity index (χ4v) is 1.98. The Bertz CT molecular complexity index is 624. The van der Waals surface area contributed by atoms with E-state index in [4.69, 9.17) is 4.84 Å². The van der Waals surface area contributed by atoms with Crippen LogP contribution in [0.4, 0.5) is 0 Å². The Morgan fingerprint density at radius 1 is 0.962 bits per heavy atom. The van der Waals surface area contributed by atoms with E-state index in [1.807, 2.05) is 0 Å². The monoisotopic (exact) mass is 392 g/mol. The second-order valence-electron chi connectivity index (χ2n) is 7.66. The molecule has 0 aromatic rings. The molecule has 26 heavy (non-hydrogen) atoms. The van der Waals surface area contributed by atoms with E-state index in [1.54, 1.807) is 55.4 Å². The second-order valence-corrected chi connectivity index (χ2v) is 8.96. The lowest BCUT2D eigenvalue weighted by atomic mass is 10.1. The van der Waals surface area contributed by atoms with E-state index < -0.39 is 38.8 Å². The van der Waals surface area contributed by atoms with E-state index in [1.165, 1.54) is 0 Å². The molecule has 0 N–H and O–H groups in total. The summed E-state index contributed by atoms with van der Waals surface area (Å²) in [6.45, 7) is 13.0. The third kappa shape index (κ3) is 9.39. The topological polar surface area (TPSA) is 142 Å². The minimum Gasteiger partial charge on any atom is -0.590 e. The lowest BCUT2D eigenvalue weighted by Crippen LogP contribution is -2.24. The van der Waals surface area contributed by atoms with Gasteiger partial charge in [0.15, 0.2) is 5.02 Å². The molecule has 0 spiro atoms. The molecular weight excluding hydrogens is 364 g/mol. The van der Waals surface area contributed by atoms with Crippen molar-refractivity contribution in [3.05, 3.63) is 26.5 Å². The zero-order valence-corrected chi connectivity index (χ0v) is 17.5. The fraction of sp³-hybridized carbons (Fsp3) is 0.857. The highest BCUT2D eigenvalue weighted by atomic mass is 32.2. The first-order valence-corrected chi connectivity index (χ1v) is 9.43. The lowest BCUT2D eigenvalue weighted by Gasteiger charge is -2.12. The summed E-state index contributed by atoms with van der Waals surface area (Å²) in [4.78, 5) is 4.74. The zero-order valence-electron chi connectivity index (χ0n) is 16.7. The van der Waals surface area contributed by atoms with E-state index in [0.717, 1.165) is 6.26 Å². The molecule has 0 amide bonds. The first kappa shape index (κ1) is 23.9. The number of hydroxylamine groups is 2. The molecule has 0 saturated heterocycles. The predicted octanol–water partition coefficient (Wildman–Crippen LogP) is 3.32. The van der Waals surface area contributed by atoms with Crippen molar-refractivity contribution in [3.8, 4) is 0 Å². The molecule has 0 aliphatic heterocycles. The highest BCUT2D eigenvalue weighted by Crippen LogP contribution is 2.19. The van der Waals surface area contributed by atoms with Gasteiger partial charge >= 0.3 is 10.9 Å². The van der Waals surface area contributed by atoms with E-state index in [-0.39, 0.29) is 14.7 Å². The van der Waals surface area contributed by atoms with E-state index in [0.29, 0.717) is 0 Å². The predicted molar refractivity (Wildman–Crippen MR) is 95.0 cm³/mol. The van der Waals surface area contributed by atoms with Crippen molar-refractivity contribution in [2.45, 2.75) is 72.6 Å². The summed E-state index contributed by atoms with van der Waals surface area (Å²) < 4.78 is 12.1. The summed E-state index contributed by atoms with van der Waals surface area (Å²) in [5, 5.41) is 46.9. The second kappa shape index (κ2) is 9.01. The molecule has 1 atom stereocenters. The summed E-state index contributed by atoms with van der Waals surface area (Å²) in [5.41, 5.74) is -1.69. The maximum atomic E-state index is 12.5. The molecule has 0 aromatic heterocycles. The Hall–Kier alpha value is -2.11. The van der Waals surface area contributed by atoms with Crippen LogP contribution in [0.3, 0.4) is 0 Å². The number of hydrogen-bond donors (Lipinski definition) is 0. The van der Waals surface area contributed by atoms with Gasteiger partial charge in [-0.25, -0.2) is 5.21 Å². The van der Waals surface area contributed by atoms with Crippen LogP contribution in [0.15, 0.2) is 26.2 Å². The first-order chi connectivity index (χ1) is 11.5. The van der Waals surface area contributed by atoms with Crippen LogP contribution >= 0.6 is 0 Å². The largest absolute Gasteiger partial charge is 0.590 e. The van der Waals surface area contributed by atoms with Gasteiger partial charge in [0.05, 0.1) is 22.0 Å². The van der Waals surface area contributed by atoms with Gasteiger partial charge in [-0.05, 0) is 65.6 Å². The quantitative estimate of drug-likeness (QED) is 0.387. The highest BCUT2D eigenvalue weighted by molar-refractivity contribution is 7.88. The minimum absolute atomic E-state index is 0.0221. The summed E-state index contributed by atoms with van der Waals surface area (Å²) in [7, 11) is -1.98. The molecule has 1 unspecified atom stereocenters. The zero-order chi connectivity index (χ0) is 20.9. The SMILES string of the molecule is CC(C)O/[N+]([O-])=N/C(=C([N+]([O-])=NC(C)(C)C)[N+]([O-])=NC(C)(C)C)S(C)=O. The van der Waals surface area contributed by atoms with Crippen LogP contribution in [-0.2, 0) is 15.6 Å². The maximum Gasteiger partial charge on any atom is 0.559 e. The van der Waals surface area contributed by atoms with E-state index in [9.17, 15) is 19.8 Å². The van der Waals surface area contributed by atoms with Crippen molar-refractivity contribution in [2.24, 2.45) is 15.3 Å². The molecule has 0 aliphatic carbocycles. The Labute approximate surface area is 155 Å². The molecule has 0 bridgehead atoms. The molecule has 0 aromatic carbocycles. The van der Waals surface area contributed by atoms with Crippen LogP contribution in [0, 0.1) is 15.6 Å². The van der Waals surface area contributed by atoms with Gasteiger partial charge in [-0.3, -0.25) is 4.21 Å². The van der Waals surface area contributed by atoms with Gasteiger partial charge < -0.3 is 15.3 Å². The molecule has 0 saturated carbocycles. The Balaban J connectivity index is 6.73. The van der Waals surface area contributed by atoms with Crippen molar-refractivity contribution in [1.29, 1.82) is 0 Å². The molecule has 150 valence electrons. The lowest BCUT2D eigenvalue weighted by molar-refractivity contribution is -0.797. The average Bonchev–Trinajstić information content (AvgIpc) is 2.31. The average molecular weight is 392 g/mol. The number of azo groups is 2. The molecule has 0 heterocycles. The minimum atomic E-state index is -1.98. The van der Waals surface area contributed by atoms with Gasteiger partial charge in [0.2, 0.25) is 0 Å². The first-order valence-electron chi connectivity index (χ1n) is 7.87. The van der Waals surface area contributed by atoms with Crippen LogP contribution < -0.4 is 0 Å². The summed E-state index contributed by atoms with van der Waals surface area (Å²) in [6.07, 6.45) is 0.647. The standard InChI is InChI=1S/C14H28N6O5S/c1-10(2)25-20(23)15-11(26(9)24)12(18(21)16-13(3,4)5)19(22)17-14(6,7)8/h10H,1-9H3/b12-11?,18-16?,19-17?,20-15+. The van der Waals surface area contributed by atoms with Gasteiger partial charge in [-0.2, -0.15) is 0 Å². The molecule has 0 fully saturated rings. The van der Waals surface area contributed by atoms with E-state index in [2.05, 4.69) is 15.3 Å². The van der Waals surface area contributed by atoms with Gasteiger partial charge in [0.1, 0.15) is 11.1 Å². The summed E-state index contributed by atoms with van der Waals surface area (Å²) in [6, 6.07) is 0. The van der Waals surface area contributed by atoms with Crippen molar-refractivity contribution in [2.75, 3.05) is 6.26 Å². The van der Waals surface area contributed by atoms with Crippen LogP contribution in [-0.4, -0.2) is 42.4 Å². The smallest absolute Gasteiger partial charge is 0.559 e. The van der Waals surface area contributed by atoms with Gasteiger partial charge in [-0.1, -0.05) is 0 Å². The Morgan fingerprint density at radius 3 is 1.62 bits per heavy atom. The van der Waals surface area contributed by atoms with Crippen LogP contribution in [0.5, 0.6) is 0 Å². The van der Waals surface area contributed by atoms with Crippen molar-refractivity contribution in [3.63, 3.8) is 0 Å². The van der Waals surface area contributed by atoms with E-state index >= 15 is 0 Å². The number of rotatable bonds is 6. The third-order valence-electron chi connectivity index (χ3n) is 2.08. The highest BCUT2D eigenvalue weighted by Gasteiger charge is 2.37. The van der Waals surface area contributed by atoms with Crippen LogP contribution in [0.2, 0.25) is 0 Å². The molecule has 12 heteroatoms. The van der Waals surface area contributed by atoms with Crippen LogP contribution in [0.25, 0.3) is 0 Å². The molecule has 0 aliphatic rings. The molecule has 11 nitrogen and oxygen atoms in total. The number of hydrogen-bond acceptors (Lipinski definition) is 8. The van der Waals surface area contributed by atoms with Crippen molar-refractivity contribution >= 4 is 10.8 Å². The van der Waals surface area contributed by atoms with Crippen molar-refractivity contribution in [1.82, 2.24) is 0 Å². The van der Waals surface area contributed by atoms with Gasteiger partial charge in [-0.15, -0.1) is 0 Å². The third-order valence-corrected chi connectivity index (χ3v) is 2.89. The molecular formula is C14H28N6O5S. The molecule has 0 rings (SSSR count). The Kier molecular flexibility index (Phi) is 8.28. The van der Waals surface area contributed by atoms with Gasteiger partial charge in [0.25, 0.3) is 0 Å². The number of nitrogens with zero attached hydrogens (tertiary/aromatic N) is 6. The summed E-state index contributed by atoms with van der Waals surface area (Å²) in [5.74, 6) is -0.774. The molecule has 0 radical (unpaired) electrons. The van der Waals surface area contributed by atoms with Gasteiger partial charge in [0, 0.05) is 16.0 Å². The fourth-order valence-electron chi connectivity index (χ4n) is 1.39. The maximum absolute atomic E-state index is 12.5. The van der Waals surface area contributed by atoms with Crippen LogP contribution in [0.1, 0.15) is 55.4 Å².